The number of nitrogens with one attached hydrogen (secondary N) is 1. The molecule has 7 heteroatoms. The third-order valence-electron chi connectivity index (χ3n) is 4.14. The van der Waals surface area contributed by atoms with Gasteiger partial charge in [-0.3, -0.25) is 15.0 Å². The van der Waals surface area contributed by atoms with Crippen molar-refractivity contribution in [2.75, 3.05) is 13.1 Å². The van der Waals surface area contributed by atoms with Crippen molar-refractivity contribution in [3.63, 3.8) is 0 Å². The average molecular weight is 316 g/mol. The molecule has 2 heterocycles. The summed E-state index contributed by atoms with van der Waals surface area (Å²) in [5, 5.41) is 11.1. The van der Waals surface area contributed by atoms with Crippen molar-refractivity contribution in [1.82, 2.24) is 14.9 Å². The van der Waals surface area contributed by atoms with E-state index in [-0.39, 0.29) is 16.7 Å². The standard InChI is InChI=1S/C16H20N4O3/c21-20(22)16-4-2-1-3-13(16)10-19-7-5-15(6-8-19)23-11-14-9-17-12-18-14/h1-4,9,12,15H,5-8,10-11H2,(H,17,18). The normalized spacial score (nSPS) is 16.5. The number of piperidine rings is 1. The maximum Gasteiger partial charge on any atom is 0.273 e. The van der Waals surface area contributed by atoms with Crippen LogP contribution in [0.2, 0.25) is 0 Å². The molecule has 0 amide bonds. The second kappa shape index (κ2) is 7.34. The molecule has 3 rings (SSSR count). The average Bonchev–Trinajstić information content (AvgIpc) is 3.08. The van der Waals surface area contributed by atoms with Crippen LogP contribution < -0.4 is 0 Å². The summed E-state index contributed by atoms with van der Waals surface area (Å²) in [5.41, 5.74) is 1.88. The first-order valence-electron chi connectivity index (χ1n) is 7.76. The van der Waals surface area contributed by atoms with Crippen molar-refractivity contribution >= 4 is 5.69 Å². The van der Waals surface area contributed by atoms with Crippen molar-refractivity contribution < 1.29 is 9.66 Å². The van der Waals surface area contributed by atoms with Crippen molar-refractivity contribution in [2.24, 2.45) is 0 Å². The van der Waals surface area contributed by atoms with Gasteiger partial charge < -0.3 is 9.72 Å². The first-order valence-corrected chi connectivity index (χ1v) is 7.76. The molecule has 0 spiro atoms. The second-order valence-electron chi connectivity index (χ2n) is 5.73. The summed E-state index contributed by atoms with van der Waals surface area (Å²) >= 11 is 0. The van der Waals surface area contributed by atoms with E-state index in [1.807, 2.05) is 18.3 Å². The van der Waals surface area contributed by atoms with E-state index in [9.17, 15) is 10.1 Å². The Morgan fingerprint density at radius 1 is 1.35 bits per heavy atom. The predicted molar refractivity (Wildman–Crippen MR) is 84.8 cm³/mol. The first kappa shape index (κ1) is 15.6. The maximum absolute atomic E-state index is 11.1. The van der Waals surface area contributed by atoms with E-state index in [1.165, 1.54) is 0 Å². The van der Waals surface area contributed by atoms with E-state index in [1.54, 1.807) is 18.5 Å². The number of benzene rings is 1. The van der Waals surface area contributed by atoms with Gasteiger partial charge in [-0.05, 0) is 12.8 Å². The van der Waals surface area contributed by atoms with Gasteiger partial charge in [-0.1, -0.05) is 18.2 Å². The summed E-state index contributed by atoms with van der Waals surface area (Å²) in [4.78, 5) is 20.1. The molecular weight excluding hydrogens is 296 g/mol. The SMILES string of the molecule is O=[N+]([O-])c1ccccc1CN1CCC(OCc2c[nH]cn2)CC1. The first-order chi connectivity index (χ1) is 11.2. The van der Waals surface area contributed by atoms with Gasteiger partial charge in [0.05, 0.1) is 29.7 Å². The van der Waals surface area contributed by atoms with Crippen molar-refractivity contribution in [2.45, 2.75) is 32.1 Å². The zero-order chi connectivity index (χ0) is 16.1. The van der Waals surface area contributed by atoms with E-state index < -0.39 is 0 Å². The van der Waals surface area contributed by atoms with Gasteiger partial charge >= 0.3 is 0 Å². The molecule has 1 fully saturated rings. The van der Waals surface area contributed by atoms with Crippen LogP contribution in [0.5, 0.6) is 0 Å². The third-order valence-corrected chi connectivity index (χ3v) is 4.14. The Kier molecular flexibility index (Phi) is 4.99. The molecular formula is C16H20N4O3. The lowest BCUT2D eigenvalue weighted by Crippen LogP contribution is -2.36. The Morgan fingerprint density at radius 3 is 2.83 bits per heavy atom. The molecule has 0 saturated carbocycles. The van der Waals surface area contributed by atoms with E-state index in [0.717, 1.165) is 37.2 Å². The molecule has 0 radical (unpaired) electrons. The zero-order valence-electron chi connectivity index (χ0n) is 12.9. The van der Waals surface area contributed by atoms with E-state index >= 15 is 0 Å². The Labute approximate surface area is 134 Å². The van der Waals surface area contributed by atoms with Crippen LogP contribution in [0.25, 0.3) is 0 Å². The van der Waals surface area contributed by atoms with E-state index in [2.05, 4.69) is 14.9 Å². The number of aromatic nitrogens is 2. The molecule has 1 aliphatic heterocycles. The van der Waals surface area contributed by atoms with Gasteiger partial charge in [-0.15, -0.1) is 0 Å². The number of para-hydroxylation sites is 1. The van der Waals surface area contributed by atoms with Gasteiger partial charge in [0.15, 0.2) is 0 Å². The summed E-state index contributed by atoms with van der Waals surface area (Å²) < 4.78 is 5.87. The Bertz CT molecular complexity index is 637. The Balaban J connectivity index is 1.48. The van der Waals surface area contributed by atoms with Gasteiger partial charge in [0.1, 0.15) is 0 Å². The molecule has 1 aromatic carbocycles. The summed E-state index contributed by atoms with van der Waals surface area (Å²) in [6, 6.07) is 6.95. The number of likely N-dealkylation sites (tertiary alicyclic amines) is 1. The molecule has 1 aromatic heterocycles. The number of ether oxygens (including phenoxy) is 1. The summed E-state index contributed by atoms with van der Waals surface area (Å²) in [6.45, 7) is 2.91. The highest BCUT2D eigenvalue weighted by atomic mass is 16.6. The minimum absolute atomic E-state index is 0.199. The molecule has 122 valence electrons. The van der Waals surface area contributed by atoms with Crippen molar-refractivity contribution in [3.8, 4) is 0 Å². The van der Waals surface area contributed by atoms with Crippen LogP contribution in [0.4, 0.5) is 5.69 Å². The van der Waals surface area contributed by atoms with Gasteiger partial charge in [0.2, 0.25) is 0 Å². The molecule has 0 atom stereocenters. The van der Waals surface area contributed by atoms with Crippen LogP contribution >= 0.6 is 0 Å². The number of nitro benzene ring substituents is 1. The molecule has 23 heavy (non-hydrogen) atoms. The van der Waals surface area contributed by atoms with Crippen LogP contribution in [-0.4, -0.2) is 39.0 Å². The number of nitrogens with zero attached hydrogens (tertiary/aromatic N) is 3. The van der Waals surface area contributed by atoms with E-state index in [0.29, 0.717) is 13.2 Å². The summed E-state index contributed by atoms with van der Waals surface area (Å²) in [7, 11) is 0. The maximum atomic E-state index is 11.1. The fraction of sp³-hybridized carbons (Fsp3) is 0.438. The summed E-state index contributed by atoms with van der Waals surface area (Å²) in [5.74, 6) is 0. The number of hydrogen-bond donors (Lipinski definition) is 1. The molecule has 1 N–H and O–H groups in total. The second-order valence-corrected chi connectivity index (χ2v) is 5.73. The lowest BCUT2D eigenvalue weighted by Gasteiger charge is -2.31. The number of nitro groups is 1. The molecule has 2 aromatic rings. The quantitative estimate of drug-likeness (QED) is 0.654. The zero-order valence-corrected chi connectivity index (χ0v) is 12.9. The Hall–Kier alpha value is -2.25. The lowest BCUT2D eigenvalue weighted by molar-refractivity contribution is -0.385. The number of rotatable bonds is 6. The highest BCUT2D eigenvalue weighted by Crippen LogP contribution is 2.22. The molecule has 0 bridgehead atoms. The van der Waals surface area contributed by atoms with Gasteiger partial charge in [0, 0.05) is 37.5 Å². The number of H-pyrrole nitrogens is 1. The highest BCUT2D eigenvalue weighted by molar-refractivity contribution is 5.39. The fourth-order valence-corrected chi connectivity index (χ4v) is 2.87. The lowest BCUT2D eigenvalue weighted by atomic mass is 10.1. The molecule has 0 unspecified atom stereocenters. The largest absolute Gasteiger partial charge is 0.372 e. The van der Waals surface area contributed by atoms with Crippen LogP contribution in [0, 0.1) is 10.1 Å². The topological polar surface area (TPSA) is 84.3 Å². The number of aromatic amines is 1. The van der Waals surface area contributed by atoms with Gasteiger partial charge in [0.25, 0.3) is 5.69 Å². The monoisotopic (exact) mass is 316 g/mol. The predicted octanol–water partition coefficient (Wildman–Crippen LogP) is 2.50. The fourth-order valence-electron chi connectivity index (χ4n) is 2.87. The molecule has 1 aliphatic rings. The molecule has 1 saturated heterocycles. The number of hydrogen-bond acceptors (Lipinski definition) is 5. The Morgan fingerprint density at radius 2 is 2.13 bits per heavy atom. The van der Waals surface area contributed by atoms with Crippen LogP contribution in [-0.2, 0) is 17.9 Å². The van der Waals surface area contributed by atoms with Crippen molar-refractivity contribution in [3.05, 3.63) is 58.2 Å². The third kappa shape index (κ3) is 4.14. The van der Waals surface area contributed by atoms with Crippen LogP contribution in [0.15, 0.2) is 36.8 Å². The number of imidazole rings is 1. The smallest absolute Gasteiger partial charge is 0.273 e. The minimum Gasteiger partial charge on any atom is -0.372 e. The van der Waals surface area contributed by atoms with E-state index in [4.69, 9.17) is 4.74 Å². The minimum atomic E-state index is -0.310. The van der Waals surface area contributed by atoms with Gasteiger partial charge in [-0.25, -0.2) is 4.98 Å². The molecule has 7 nitrogen and oxygen atoms in total. The highest BCUT2D eigenvalue weighted by Gasteiger charge is 2.22. The molecule has 0 aliphatic carbocycles. The van der Waals surface area contributed by atoms with Gasteiger partial charge in [-0.2, -0.15) is 0 Å². The van der Waals surface area contributed by atoms with Crippen LogP contribution in [0.1, 0.15) is 24.1 Å². The van der Waals surface area contributed by atoms with Crippen molar-refractivity contribution in [1.29, 1.82) is 0 Å². The summed E-state index contributed by atoms with van der Waals surface area (Å²) in [6.07, 6.45) is 5.59. The van der Waals surface area contributed by atoms with Crippen LogP contribution in [0.3, 0.4) is 0 Å².